The molecule has 0 bridgehead atoms. The van der Waals surface area contributed by atoms with Gasteiger partial charge >= 0.3 is 5.97 Å². The van der Waals surface area contributed by atoms with Gasteiger partial charge in [-0.2, -0.15) is 0 Å². The van der Waals surface area contributed by atoms with Gasteiger partial charge in [0.1, 0.15) is 4.99 Å². The second-order valence-corrected chi connectivity index (χ2v) is 8.67. The van der Waals surface area contributed by atoms with Crippen molar-refractivity contribution in [3.63, 3.8) is 0 Å². The lowest BCUT2D eigenvalue weighted by Crippen LogP contribution is -2.42. The highest BCUT2D eigenvalue weighted by Crippen LogP contribution is 2.39. The molecule has 1 aromatic rings. The van der Waals surface area contributed by atoms with Crippen molar-refractivity contribution in [1.82, 2.24) is 4.90 Å². The van der Waals surface area contributed by atoms with Crippen LogP contribution in [0.1, 0.15) is 38.3 Å². The van der Waals surface area contributed by atoms with Crippen LogP contribution in [0.15, 0.2) is 29.2 Å². The lowest BCUT2D eigenvalue weighted by molar-refractivity contribution is -0.137. The number of allylic oxidation sites excluding steroid dienone is 1. The molecule has 0 spiro atoms. The van der Waals surface area contributed by atoms with Gasteiger partial charge in [-0.25, -0.2) is 0 Å². The normalized spacial score (nSPS) is 20.1. The molecule has 2 heterocycles. The van der Waals surface area contributed by atoms with Crippen LogP contribution in [-0.2, 0) is 4.79 Å². The first-order valence-corrected chi connectivity index (χ1v) is 9.87. The second kappa shape index (κ2) is 7.13. The highest BCUT2D eigenvalue weighted by molar-refractivity contribution is 8.19. The average molecular weight is 403 g/mol. The molecule has 1 amide bonds. The number of fused-ring (bicyclic) bond motifs is 1. The molecule has 2 aliphatic rings. The molecule has 3 rings (SSSR count). The predicted octanol–water partition coefficient (Wildman–Crippen LogP) is 4.63. The Morgan fingerprint density at radius 1 is 1.37 bits per heavy atom. The van der Waals surface area contributed by atoms with Gasteiger partial charge < -0.3 is 10.0 Å². The first-order chi connectivity index (χ1) is 12.6. The number of aliphatic carboxylic acids is 1. The molecule has 1 fully saturated rings. The first kappa shape index (κ1) is 19.6. The van der Waals surface area contributed by atoms with Crippen LogP contribution >= 0.6 is 24.0 Å². The molecule has 1 saturated heterocycles. The number of thioether (sulfide) groups is 1. The van der Waals surface area contributed by atoms with Crippen molar-refractivity contribution in [3.05, 3.63) is 40.3 Å². The third-order valence-electron chi connectivity index (χ3n) is 4.96. The minimum atomic E-state index is -0.947. The maximum atomic E-state index is 12.1. The third-order valence-corrected chi connectivity index (χ3v) is 6.46. The Kier molecular flexibility index (Phi) is 5.18. The second-order valence-electron chi connectivity index (χ2n) is 7.29. The van der Waals surface area contributed by atoms with E-state index in [-0.39, 0.29) is 23.7 Å². The van der Waals surface area contributed by atoms with E-state index in [4.69, 9.17) is 17.3 Å². The number of likely N-dealkylation sites (N-methyl/N-ethyl adjacent to an activating group) is 1. The van der Waals surface area contributed by atoms with Crippen molar-refractivity contribution >= 4 is 57.5 Å². The smallest absolute Gasteiger partial charge is 0.305 e. The summed E-state index contributed by atoms with van der Waals surface area (Å²) in [7, 11) is 2.08. The Balaban J connectivity index is 1.89. The fraction of sp³-hybridized carbons (Fsp3) is 0.350. The van der Waals surface area contributed by atoms with Gasteiger partial charge in [0.25, 0.3) is 5.24 Å². The van der Waals surface area contributed by atoms with Gasteiger partial charge in [-0.3, -0.25) is 14.5 Å². The topological polar surface area (TPSA) is 60.9 Å². The average Bonchev–Trinajstić information content (AvgIpc) is 2.84. The van der Waals surface area contributed by atoms with Crippen molar-refractivity contribution in [2.24, 2.45) is 0 Å². The largest absolute Gasteiger partial charge is 0.481 e. The van der Waals surface area contributed by atoms with Crippen molar-refractivity contribution in [3.8, 4) is 0 Å². The number of rotatable bonds is 4. The zero-order valence-electron chi connectivity index (χ0n) is 15.8. The van der Waals surface area contributed by atoms with Crippen LogP contribution in [0.3, 0.4) is 0 Å². The zero-order valence-corrected chi connectivity index (χ0v) is 17.4. The molecular weight excluding hydrogens is 380 g/mol. The molecule has 7 heteroatoms. The lowest BCUT2D eigenvalue weighted by Gasteiger charge is -2.40. The van der Waals surface area contributed by atoms with Crippen LogP contribution in [0.2, 0.25) is 0 Å². The molecule has 0 saturated carbocycles. The molecule has 0 atom stereocenters. The fourth-order valence-electron chi connectivity index (χ4n) is 3.32. The van der Waals surface area contributed by atoms with Crippen molar-refractivity contribution in [1.29, 1.82) is 0 Å². The van der Waals surface area contributed by atoms with E-state index in [0.717, 1.165) is 22.9 Å². The summed E-state index contributed by atoms with van der Waals surface area (Å²) in [6.07, 6.45) is 4.03. The molecule has 27 heavy (non-hydrogen) atoms. The number of carbonyl (C=O) groups is 2. The molecule has 1 aromatic carbocycles. The predicted molar refractivity (Wildman–Crippen MR) is 115 cm³/mol. The van der Waals surface area contributed by atoms with Crippen LogP contribution < -0.4 is 4.90 Å². The van der Waals surface area contributed by atoms with E-state index in [1.54, 1.807) is 0 Å². The van der Waals surface area contributed by atoms with Gasteiger partial charge in [0.05, 0.1) is 16.9 Å². The number of benzene rings is 1. The summed E-state index contributed by atoms with van der Waals surface area (Å²) >= 11 is 6.44. The van der Waals surface area contributed by atoms with E-state index in [2.05, 4.69) is 50.9 Å². The Labute approximate surface area is 168 Å². The number of amides is 1. The van der Waals surface area contributed by atoms with E-state index < -0.39 is 5.97 Å². The summed E-state index contributed by atoms with van der Waals surface area (Å²) in [6, 6.07) is 6.21. The van der Waals surface area contributed by atoms with Gasteiger partial charge in [0, 0.05) is 24.8 Å². The summed E-state index contributed by atoms with van der Waals surface area (Å²) in [5.74, 6) is -0.947. The molecule has 0 radical (unpaired) electrons. The van der Waals surface area contributed by atoms with Gasteiger partial charge in [-0.15, -0.1) is 0 Å². The molecule has 5 nitrogen and oxygen atoms in total. The van der Waals surface area contributed by atoms with Crippen molar-refractivity contribution in [2.45, 2.75) is 32.7 Å². The van der Waals surface area contributed by atoms with Crippen LogP contribution in [0, 0.1) is 0 Å². The molecule has 142 valence electrons. The zero-order chi connectivity index (χ0) is 19.9. The van der Waals surface area contributed by atoms with Gasteiger partial charge in [-0.05, 0) is 61.9 Å². The van der Waals surface area contributed by atoms with E-state index >= 15 is 0 Å². The monoisotopic (exact) mass is 402 g/mol. The van der Waals surface area contributed by atoms with E-state index in [0.29, 0.717) is 9.89 Å². The Hall–Kier alpha value is -2.12. The summed E-state index contributed by atoms with van der Waals surface area (Å²) in [5.41, 5.74) is 4.47. The van der Waals surface area contributed by atoms with E-state index in [1.807, 2.05) is 12.1 Å². The van der Waals surface area contributed by atoms with Crippen LogP contribution in [0.5, 0.6) is 0 Å². The number of carboxylic acids is 1. The molecule has 0 aromatic heterocycles. The summed E-state index contributed by atoms with van der Waals surface area (Å²) in [5, 5.41) is 8.61. The van der Waals surface area contributed by atoms with Crippen LogP contribution in [0.25, 0.3) is 11.6 Å². The van der Waals surface area contributed by atoms with Crippen molar-refractivity contribution < 1.29 is 14.7 Å². The number of anilines is 1. The van der Waals surface area contributed by atoms with Crippen LogP contribution in [-0.4, -0.2) is 45.3 Å². The third kappa shape index (κ3) is 3.80. The fourth-order valence-corrected chi connectivity index (χ4v) is 4.61. The number of carbonyl (C=O) groups excluding carboxylic acids is 1. The number of nitrogens with zero attached hydrogens (tertiary/aromatic N) is 2. The van der Waals surface area contributed by atoms with Crippen LogP contribution in [0.4, 0.5) is 10.5 Å². The Bertz CT molecular complexity index is 902. The lowest BCUT2D eigenvalue weighted by atomic mass is 9.88. The molecular formula is C20H22N2O3S2. The SMILES string of the molecule is CC1=CC(C)(C)N(C)c2ccc(/C=C3\SC(=O)N(CCC(=O)O)C3=S)cc21. The summed E-state index contributed by atoms with van der Waals surface area (Å²) in [6.45, 7) is 6.57. The molecule has 0 unspecified atom stereocenters. The Morgan fingerprint density at radius 2 is 2.07 bits per heavy atom. The van der Waals surface area contributed by atoms with E-state index in [1.165, 1.54) is 16.2 Å². The first-order valence-electron chi connectivity index (χ1n) is 8.65. The minimum absolute atomic E-state index is 0.0446. The highest BCUT2D eigenvalue weighted by Gasteiger charge is 2.32. The quantitative estimate of drug-likeness (QED) is 0.585. The maximum absolute atomic E-state index is 12.1. The number of hydrogen-bond acceptors (Lipinski definition) is 5. The van der Waals surface area contributed by atoms with Gasteiger partial charge in [-0.1, -0.05) is 24.4 Å². The minimum Gasteiger partial charge on any atom is -0.481 e. The highest BCUT2D eigenvalue weighted by atomic mass is 32.2. The number of hydrogen-bond donors (Lipinski definition) is 1. The maximum Gasteiger partial charge on any atom is 0.305 e. The van der Waals surface area contributed by atoms with Crippen molar-refractivity contribution in [2.75, 3.05) is 18.5 Å². The summed E-state index contributed by atoms with van der Waals surface area (Å²) < 4.78 is 0. The summed E-state index contributed by atoms with van der Waals surface area (Å²) in [4.78, 5) is 27.6. The molecule has 0 aliphatic carbocycles. The van der Waals surface area contributed by atoms with Gasteiger partial charge in [0.2, 0.25) is 0 Å². The number of carboxylic acid groups (broad SMARTS) is 1. The standard InChI is InChI=1S/C20H22N2O3S2/c1-12-11-20(2,3)21(4)15-6-5-13(9-14(12)15)10-16-18(26)22(19(25)27-16)8-7-17(23)24/h5-6,9-11H,7-8H2,1-4H3,(H,23,24)/b16-10-. The van der Waals surface area contributed by atoms with E-state index in [9.17, 15) is 9.59 Å². The van der Waals surface area contributed by atoms with Gasteiger partial charge in [0.15, 0.2) is 0 Å². The Morgan fingerprint density at radius 3 is 2.74 bits per heavy atom. The number of thiocarbonyl (C=S) groups is 1. The molecule has 2 aliphatic heterocycles. The molecule has 1 N–H and O–H groups in total.